The van der Waals surface area contributed by atoms with Gasteiger partial charge in [0.15, 0.2) is 0 Å². The molecule has 1 saturated heterocycles. The number of aromatic hydroxyl groups is 1. The molecule has 1 N–H and O–H groups in total. The molecule has 0 aromatic heterocycles. The molecule has 4 rings (SSSR count). The van der Waals surface area contributed by atoms with Crippen LogP contribution in [0.15, 0.2) is 42.5 Å². The Balaban J connectivity index is 1.74. The van der Waals surface area contributed by atoms with E-state index in [2.05, 4.69) is 26.8 Å². The molecule has 2 aliphatic rings. The number of phenolic OH excluding ortho intramolecular Hbond substituents is 1. The summed E-state index contributed by atoms with van der Waals surface area (Å²) in [5, 5.41) is 10.5. The molecule has 2 atom stereocenters. The molecule has 5 nitrogen and oxygen atoms in total. The van der Waals surface area contributed by atoms with Crippen LogP contribution in [0.4, 0.5) is 0 Å². The molecule has 29 heavy (non-hydrogen) atoms. The summed E-state index contributed by atoms with van der Waals surface area (Å²) in [5.74, 6) is -0.242. The first-order valence-electron chi connectivity index (χ1n) is 10.0. The zero-order chi connectivity index (χ0) is 21.0. The highest BCUT2D eigenvalue weighted by Crippen LogP contribution is 2.57. The van der Waals surface area contributed by atoms with E-state index in [4.69, 9.17) is 4.74 Å². The Hall–Kier alpha value is -2.82. The van der Waals surface area contributed by atoms with Crippen LogP contribution in [0.2, 0.25) is 0 Å². The van der Waals surface area contributed by atoms with E-state index in [0.29, 0.717) is 29.8 Å². The zero-order valence-corrected chi connectivity index (χ0v) is 17.4. The molecule has 152 valence electrons. The van der Waals surface area contributed by atoms with Crippen LogP contribution in [0.1, 0.15) is 59.0 Å². The summed E-state index contributed by atoms with van der Waals surface area (Å²) in [6, 6.07) is 12.4. The predicted octanol–water partition coefficient (Wildman–Crippen LogP) is 3.93. The first-order valence-corrected chi connectivity index (χ1v) is 10.0. The standard InChI is InChI=1S/C24H27NO4/c1-23(2)20-14-17-18(9-6-10-19(17)26)24(23,3)11-12-25(20)21(27)15-7-5-8-16(13-15)22(28)29-4/h5-10,13,20,26H,11-12,14H2,1-4H3/t20-,24+/m1/s1. The van der Waals surface area contributed by atoms with Gasteiger partial charge in [-0.25, -0.2) is 4.79 Å². The van der Waals surface area contributed by atoms with Crippen molar-refractivity contribution in [3.63, 3.8) is 0 Å². The smallest absolute Gasteiger partial charge is 0.337 e. The lowest BCUT2D eigenvalue weighted by atomic mass is 9.51. The normalized spacial score (nSPS) is 24.6. The average molecular weight is 393 g/mol. The van der Waals surface area contributed by atoms with Crippen LogP contribution in [0.5, 0.6) is 5.75 Å². The van der Waals surface area contributed by atoms with E-state index in [1.807, 2.05) is 11.0 Å². The van der Waals surface area contributed by atoms with Gasteiger partial charge in [-0.05, 0) is 53.6 Å². The van der Waals surface area contributed by atoms with Gasteiger partial charge >= 0.3 is 5.97 Å². The summed E-state index contributed by atoms with van der Waals surface area (Å²) in [6.45, 7) is 7.32. The van der Waals surface area contributed by atoms with Crippen LogP contribution in [0.3, 0.4) is 0 Å². The van der Waals surface area contributed by atoms with Crippen LogP contribution in [0, 0.1) is 5.41 Å². The number of rotatable bonds is 2. The van der Waals surface area contributed by atoms with Crippen molar-refractivity contribution in [1.82, 2.24) is 4.90 Å². The van der Waals surface area contributed by atoms with E-state index < -0.39 is 5.97 Å². The summed E-state index contributed by atoms with van der Waals surface area (Å²) in [7, 11) is 1.33. The monoisotopic (exact) mass is 393 g/mol. The van der Waals surface area contributed by atoms with Gasteiger partial charge in [0, 0.05) is 23.6 Å². The fourth-order valence-corrected chi connectivity index (χ4v) is 5.23. The second kappa shape index (κ2) is 6.61. The number of benzene rings is 2. The van der Waals surface area contributed by atoms with Crippen molar-refractivity contribution in [2.75, 3.05) is 13.7 Å². The van der Waals surface area contributed by atoms with Gasteiger partial charge in [0.2, 0.25) is 0 Å². The molecule has 1 amide bonds. The minimum atomic E-state index is -0.456. The van der Waals surface area contributed by atoms with Crippen LogP contribution in [-0.4, -0.2) is 41.6 Å². The molecule has 2 bridgehead atoms. The Bertz CT molecular complexity index is 996. The fourth-order valence-electron chi connectivity index (χ4n) is 5.23. The van der Waals surface area contributed by atoms with Crippen molar-refractivity contribution < 1.29 is 19.4 Å². The number of hydrogen-bond donors (Lipinski definition) is 1. The third kappa shape index (κ3) is 2.75. The van der Waals surface area contributed by atoms with Crippen molar-refractivity contribution in [2.24, 2.45) is 5.41 Å². The Morgan fingerprint density at radius 1 is 1.10 bits per heavy atom. The molecule has 0 saturated carbocycles. The van der Waals surface area contributed by atoms with Gasteiger partial charge in [0.05, 0.1) is 12.7 Å². The number of carbonyl (C=O) groups excluding carboxylic acids is 2. The quantitative estimate of drug-likeness (QED) is 0.785. The maximum atomic E-state index is 13.5. The van der Waals surface area contributed by atoms with E-state index in [9.17, 15) is 14.7 Å². The van der Waals surface area contributed by atoms with Crippen LogP contribution in [0.25, 0.3) is 0 Å². The summed E-state index contributed by atoms with van der Waals surface area (Å²) in [6.07, 6.45) is 1.43. The highest BCUT2D eigenvalue weighted by Gasteiger charge is 2.57. The molecule has 1 heterocycles. The maximum Gasteiger partial charge on any atom is 0.337 e. The zero-order valence-electron chi connectivity index (χ0n) is 17.4. The minimum absolute atomic E-state index is 0.0451. The van der Waals surface area contributed by atoms with Crippen LogP contribution >= 0.6 is 0 Å². The highest BCUT2D eigenvalue weighted by molar-refractivity contribution is 5.98. The largest absolute Gasteiger partial charge is 0.508 e. The number of fused-ring (bicyclic) bond motifs is 4. The van der Waals surface area contributed by atoms with Gasteiger partial charge in [0.1, 0.15) is 5.75 Å². The third-order valence-corrected chi connectivity index (χ3v) is 7.42. The Morgan fingerprint density at radius 3 is 2.52 bits per heavy atom. The van der Waals surface area contributed by atoms with Gasteiger partial charge in [-0.3, -0.25) is 4.79 Å². The molecule has 0 spiro atoms. The Labute approximate surface area is 171 Å². The van der Waals surface area contributed by atoms with Crippen molar-refractivity contribution in [2.45, 2.75) is 45.1 Å². The van der Waals surface area contributed by atoms with Crippen LogP contribution in [-0.2, 0) is 16.6 Å². The van der Waals surface area contributed by atoms with Gasteiger partial charge in [-0.2, -0.15) is 0 Å². The van der Waals surface area contributed by atoms with E-state index in [1.165, 1.54) is 12.7 Å². The second-order valence-corrected chi connectivity index (χ2v) is 8.90. The summed E-state index contributed by atoms with van der Waals surface area (Å²) in [4.78, 5) is 27.3. The lowest BCUT2D eigenvalue weighted by Crippen LogP contribution is -2.64. The average Bonchev–Trinajstić information content (AvgIpc) is 2.70. The minimum Gasteiger partial charge on any atom is -0.508 e. The summed E-state index contributed by atoms with van der Waals surface area (Å²) < 4.78 is 4.79. The number of carbonyl (C=O) groups is 2. The number of nitrogens with zero attached hydrogens (tertiary/aromatic N) is 1. The number of piperidine rings is 1. The molecule has 2 aromatic carbocycles. The number of methoxy groups -OCH3 is 1. The van der Waals surface area contributed by atoms with E-state index >= 15 is 0 Å². The molecule has 1 aliphatic heterocycles. The number of likely N-dealkylation sites (tertiary alicyclic amines) is 1. The first kappa shape index (κ1) is 19.5. The molecule has 1 aliphatic carbocycles. The fraction of sp³-hybridized carbons (Fsp3) is 0.417. The topological polar surface area (TPSA) is 66.8 Å². The number of phenols is 1. The molecular weight excluding hydrogens is 366 g/mol. The van der Waals surface area contributed by atoms with Gasteiger partial charge < -0.3 is 14.7 Å². The van der Waals surface area contributed by atoms with E-state index in [1.54, 1.807) is 30.3 Å². The number of hydrogen-bond acceptors (Lipinski definition) is 4. The Kier molecular flexibility index (Phi) is 4.45. The first-order chi connectivity index (χ1) is 13.7. The van der Waals surface area contributed by atoms with Gasteiger partial charge in [0.25, 0.3) is 5.91 Å². The molecule has 2 aromatic rings. The lowest BCUT2D eigenvalue weighted by molar-refractivity contribution is -0.0266. The maximum absolute atomic E-state index is 13.5. The van der Waals surface area contributed by atoms with Crippen molar-refractivity contribution >= 4 is 11.9 Å². The predicted molar refractivity (Wildman–Crippen MR) is 110 cm³/mol. The molecule has 0 unspecified atom stereocenters. The van der Waals surface area contributed by atoms with Gasteiger partial charge in [-0.1, -0.05) is 39.0 Å². The van der Waals surface area contributed by atoms with Crippen molar-refractivity contribution in [3.05, 3.63) is 64.7 Å². The number of amides is 1. The second-order valence-electron chi connectivity index (χ2n) is 8.90. The van der Waals surface area contributed by atoms with E-state index in [0.717, 1.165) is 12.0 Å². The molecular formula is C24H27NO4. The van der Waals surface area contributed by atoms with Crippen LogP contribution < -0.4 is 0 Å². The SMILES string of the molecule is COC(=O)c1cccc(C(=O)N2CC[C@@]3(C)c4cccc(O)c4C[C@@H]2C3(C)C)c1. The molecule has 5 heteroatoms. The number of ether oxygens (including phenoxy) is 1. The molecule has 0 radical (unpaired) electrons. The lowest BCUT2D eigenvalue weighted by Gasteiger charge is -2.60. The number of esters is 1. The van der Waals surface area contributed by atoms with Crippen molar-refractivity contribution in [1.29, 1.82) is 0 Å². The summed E-state index contributed by atoms with van der Waals surface area (Å²) >= 11 is 0. The van der Waals surface area contributed by atoms with Crippen molar-refractivity contribution in [3.8, 4) is 5.75 Å². The third-order valence-electron chi connectivity index (χ3n) is 7.42. The van der Waals surface area contributed by atoms with E-state index in [-0.39, 0.29) is 22.8 Å². The van der Waals surface area contributed by atoms with Gasteiger partial charge in [-0.15, -0.1) is 0 Å². The summed E-state index contributed by atoms with van der Waals surface area (Å²) in [5.41, 5.74) is 2.69. The molecule has 1 fully saturated rings. The highest BCUT2D eigenvalue weighted by atomic mass is 16.5. The Morgan fingerprint density at radius 2 is 1.79 bits per heavy atom.